The van der Waals surface area contributed by atoms with Gasteiger partial charge in [0.25, 0.3) is 0 Å². The summed E-state index contributed by atoms with van der Waals surface area (Å²) in [5.41, 5.74) is 1.77. The Bertz CT molecular complexity index is 808. The molecule has 0 radical (unpaired) electrons. The van der Waals surface area contributed by atoms with Crippen LogP contribution in [0.15, 0.2) is 54.6 Å². The molecule has 146 valence electrons. The van der Waals surface area contributed by atoms with Gasteiger partial charge in [-0.2, -0.15) is 13.2 Å². The van der Waals surface area contributed by atoms with Crippen LogP contribution in [0.25, 0.3) is 0 Å². The number of hydrogen-bond donors (Lipinski definition) is 0. The van der Waals surface area contributed by atoms with Gasteiger partial charge >= 0.3 is 6.18 Å². The number of methoxy groups -OCH3 is 1. The van der Waals surface area contributed by atoms with Crippen molar-refractivity contribution in [2.45, 2.75) is 38.7 Å². The normalized spacial score (nSPS) is 12.0. The van der Waals surface area contributed by atoms with E-state index in [0.717, 1.165) is 17.2 Å². The van der Waals surface area contributed by atoms with Crippen molar-refractivity contribution in [2.24, 2.45) is 0 Å². The molecule has 2 rings (SSSR count). The topological polar surface area (TPSA) is 18.5 Å². The minimum Gasteiger partial charge on any atom is -0.542 e. The Kier molecular flexibility index (Phi) is 6.41. The maximum atomic E-state index is 12.8. The summed E-state index contributed by atoms with van der Waals surface area (Å²) >= 11 is 0. The van der Waals surface area contributed by atoms with Gasteiger partial charge in [0.05, 0.1) is 12.7 Å². The molecule has 0 aliphatic rings. The molecule has 0 aliphatic carbocycles. The molecule has 27 heavy (non-hydrogen) atoms. The van der Waals surface area contributed by atoms with Gasteiger partial charge in [-0.25, -0.2) is 0 Å². The molecule has 2 aromatic rings. The standard InChI is InChI=1S/C21H25F3O2Si/c1-15(11-16-7-6-8-18(13-16)21(22,23)24)12-17-9-10-19(20(14-17)25-2)26-27(3,4)5/h6-10,13-14H,1,11-12H2,2-5H3. The Hall–Kier alpha value is -2.21. The molecule has 0 N–H and O–H groups in total. The van der Waals surface area contributed by atoms with Gasteiger partial charge in [0, 0.05) is 0 Å². The Balaban J connectivity index is 2.10. The largest absolute Gasteiger partial charge is 0.542 e. The second-order valence-electron chi connectivity index (χ2n) is 7.50. The van der Waals surface area contributed by atoms with Gasteiger partial charge in [-0.05, 0) is 61.8 Å². The monoisotopic (exact) mass is 394 g/mol. The van der Waals surface area contributed by atoms with Gasteiger partial charge in [0.1, 0.15) is 5.75 Å². The van der Waals surface area contributed by atoms with Crippen LogP contribution in [0.1, 0.15) is 16.7 Å². The van der Waals surface area contributed by atoms with Crippen molar-refractivity contribution in [3.05, 3.63) is 71.3 Å². The third kappa shape index (κ3) is 6.47. The zero-order valence-corrected chi connectivity index (χ0v) is 17.1. The van der Waals surface area contributed by atoms with Crippen molar-refractivity contribution in [3.8, 4) is 11.5 Å². The minimum atomic E-state index is -4.34. The summed E-state index contributed by atoms with van der Waals surface area (Å²) in [6.45, 7) is 10.3. The first-order valence-corrected chi connectivity index (χ1v) is 12.1. The summed E-state index contributed by atoms with van der Waals surface area (Å²) < 4.78 is 50.0. The zero-order valence-electron chi connectivity index (χ0n) is 16.1. The van der Waals surface area contributed by atoms with Crippen molar-refractivity contribution in [3.63, 3.8) is 0 Å². The molecule has 0 aromatic heterocycles. The van der Waals surface area contributed by atoms with Crippen LogP contribution in [0.3, 0.4) is 0 Å². The highest BCUT2D eigenvalue weighted by Gasteiger charge is 2.30. The van der Waals surface area contributed by atoms with Crippen LogP contribution in [0, 0.1) is 0 Å². The van der Waals surface area contributed by atoms with E-state index in [1.54, 1.807) is 13.2 Å². The molecular formula is C21H25F3O2Si. The lowest BCUT2D eigenvalue weighted by molar-refractivity contribution is -0.137. The Labute approximate surface area is 159 Å². The smallest absolute Gasteiger partial charge is 0.416 e. The number of rotatable bonds is 7. The highest BCUT2D eigenvalue weighted by Crippen LogP contribution is 2.32. The van der Waals surface area contributed by atoms with E-state index in [1.807, 2.05) is 18.2 Å². The third-order valence-electron chi connectivity index (χ3n) is 3.81. The lowest BCUT2D eigenvalue weighted by Crippen LogP contribution is -2.29. The van der Waals surface area contributed by atoms with E-state index in [-0.39, 0.29) is 0 Å². The molecule has 0 aliphatic heterocycles. The van der Waals surface area contributed by atoms with Crippen molar-refractivity contribution in [1.82, 2.24) is 0 Å². The number of halogens is 3. The van der Waals surface area contributed by atoms with Crippen LogP contribution in [-0.2, 0) is 19.0 Å². The van der Waals surface area contributed by atoms with Gasteiger partial charge in [-0.3, -0.25) is 0 Å². The molecule has 0 saturated carbocycles. The second kappa shape index (κ2) is 8.21. The first-order chi connectivity index (χ1) is 12.5. The molecule has 0 bridgehead atoms. The second-order valence-corrected chi connectivity index (χ2v) is 11.9. The quantitative estimate of drug-likeness (QED) is 0.407. The van der Waals surface area contributed by atoms with Crippen LogP contribution in [0.4, 0.5) is 13.2 Å². The van der Waals surface area contributed by atoms with Crippen LogP contribution < -0.4 is 9.16 Å². The number of benzene rings is 2. The maximum Gasteiger partial charge on any atom is 0.416 e. The summed E-state index contributed by atoms with van der Waals surface area (Å²) in [6, 6.07) is 11.1. The highest BCUT2D eigenvalue weighted by atomic mass is 28.4. The SMILES string of the molecule is C=C(Cc1cccc(C(F)(F)F)c1)Cc1ccc(O[Si](C)(C)C)c(OC)c1. The summed E-state index contributed by atoms with van der Waals surface area (Å²) in [7, 11) is -0.166. The number of hydrogen-bond acceptors (Lipinski definition) is 2. The van der Waals surface area contributed by atoms with E-state index in [2.05, 4.69) is 26.2 Å². The molecule has 0 amide bonds. The van der Waals surface area contributed by atoms with E-state index in [1.165, 1.54) is 12.1 Å². The minimum absolute atomic E-state index is 0.388. The van der Waals surface area contributed by atoms with E-state index in [9.17, 15) is 13.2 Å². The molecule has 0 unspecified atom stereocenters. The first kappa shape index (κ1) is 21.1. The molecule has 0 fully saturated rings. The molecular weight excluding hydrogens is 369 g/mol. The fourth-order valence-electron chi connectivity index (χ4n) is 2.73. The van der Waals surface area contributed by atoms with Gasteiger partial charge in [-0.1, -0.05) is 36.4 Å². The van der Waals surface area contributed by atoms with Crippen molar-refractivity contribution in [2.75, 3.05) is 7.11 Å². The van der Waals surface area contributed by atoms with Gasteiger partial charge in [0.2, 0.25) is 8.32 Å². The van der Waals surface area contributed by atoms with E-state index < -0.39 is 20.1 Å². The van der Waals surface area contributed by atoms with Gasteiger partial charge < -0.3 is 9.16 Å². The number of ether oxygens (including phenoxy) is 1. The molecule has 0 saturated heterocycles. The first-order valence-electron chi connectivity index (χ1n) is 8.66. The summed E-state index contributed by atoms with van der Waals surface area (Å²) in [4.78, 5) is 0. The van der Waals surface area contributed by atoms with Crippen LogP contribution in [0.2, 0.25) is 19.6 Å². The molecule has 0 heterocycles. The average molecular weight is 395 g/mol. The average Bonchev–Trinajstić information content (AvgIpc) is 2.54. The Morgan fingerprint density at radius 2 is 1.59 bits per heavy atom. The van der Waals surface area contributed by atoms with Crippen LogP contribution >= 0.6 is 0 Å². The molecule has 6 heteroatoms. The molecule has 2 aromatic carbocycles. The molecule has 2 nitrogen and oxygen atoms in total. The molecule has 0 spiro atoms. The van der Waals surface area contributed by atoms with E-state index in [4.69, 9.17) is 9.16 Å². The highest BCUT2D eigenvalue weighted by molar-refractivity contribution is 6.70. The fourth-order valence-corrected chi connectivity index (χ4v) is 3.56. The van der Waals surface area contributed by atoms with Crippen LogP contribution in [-0.4, -0.2) is 15.4 Å². The number of allylic oxidation sites excluding steroid dienone is 1. The zero-order chi connectivity index (χ0) is 20.2. The predicted molar refractivity (Wildman–Crippen MR) is 105 cm³/mol. The third-order valence-corrected chi connectivity index (χ3v) is 4.64. The summed E-state index contributed by atoms with van der Waals surface area (Å²) in [5.74, 6) is 1.37. The fraction of sp³-hybridized carbons (Fsp3) is 0.333. The van der Waals surface area contributed by atoms with E-state index in [0.29, 0.717) is 29.9 Å². The Morgan fingerprint density at radius 1 is 0.963 bits per heavy atom. The molecule has 0 atom stereocenters. The summed E-state index contributed by atoms with van der Waals surface area (Å²) in [5, 5.41) is 0. The van der Waals surface area contributed by atoms with Crippen molar-refractivity contribution >= 4 is 8.32 Å². The van der Waals surface area contributed by atoms with Crippen molar-refractivity contribution in [1.29, 1.82) is 0 Å². The van der Waals surface area contributed by atoms with Crippen molar-refractivity contribution < 1.29 is 22.3 Å². The maximum absolute atomic E-state index is 12.8. The predicted octanol–water partition coefficient (Wildman–Crippen LogP) is 6.27. The van der Waals surface area contributed by atoms with Gasteiger partial charge in [0.15, 0.2) is 5.75 Å². The number of alkyl halides is 3. The van der Waals surface area contributed by atoms with Crippen LogP contribution in [0.5, 0.6) is 11.5 Å². The van der Waals surface area contributed by atoms with E-state index >= 15 is 0 Å². The lowest BCUT2D eigenvalue weighted by atomic mass is 9.98. The summed E-state index contributed by atoms with van der Waals surface area (Å²) in [6.07, 6.45) is -3.39. The Morgan fingerprint density at radius 3 is 2.15 bits per heavy atom. The van der Waals surface area contributed by atoms with Gasteiger partial charge in [-0.15, -0.1) is 0 Å². The lowest BCUT2D eigenvalue weighted by Gasteiger charge is -2.21.